The van der Waals surface area contributed by atoms with E-state index in [9.17, 15) is 0 Å². The van der Waals surface area contributed by atoms with E-state index in [1.54, 1.807) is 0 Å². The third-order valence-corrected chi connectivity index (χ3v) is 2.58. The zero-order valence-corrected chi connectivity index (χ0v) is 7.82. The van der Waals surface area contributed by atoms with Crippen LogP contribution in [-0.2, 0) is 4.74 Å². The largest absolute Gasteiger partial charge is 0.374 e. The Morgan fingerprint density at radius 2 is 2.50 bits per heavy atom. The van der Waals surface area contributed by atoms with Gasteiger partial charge < -0.3 is 4.74 Å². The lowest BCUT2D eigenvalue weighted by molar-refractivity contribution is -0.0284. The predicted molar refractivity (Wildman–Crippen MR) is 49.4 cm³/mol. The van der Waals surface area contributed by atoms with Crippen molar-refractivity contribution in [3.8, 4) is 0 Å². The first-order chi connectivity index (χ1) is 5.64. The zero-order chi connectivity index (χ0) is 9.19. The molecule has 1 heterocycles. The fraction of sp³-hybridized carbons (Fsp3) is 1.00. The Morgan fingerprint density at radius 3 is 2.83 bits per heavy atom. The molecular formula is C7H14BN3O. The highest BCUT2D eigenvalue weighted by Crippen LogP contribution is 2.38. The van der Waals surface area contributed by atoms with E-state index in [0.717, 1.165) is 12.8 Å². The molecule has 4 nitrogen and oxygen atoms in total. The lowest BCUT2D eigenvalue weighted by Gasteiger charge is -2.25. The van der Waals surface area contributed by atoms with E-state index >= 15 is 0 Å². The molecule has 12 heavy (non-hydrogen) atoms. The van der Waals surface area contributed by atoms with Crippen molar-refractivity contribution >= 4 is 7.85 Å². The average Bonchev–Trinajstić information content (AvgIpc) is 2.28. The second-order valence-corrected chi connectivity index (χ2v) is 3.45. The van der Waals surface area contributed by atoms with Crippen LogP contribution in [0.15, 0.2) is 5.11 Å². The van der Waals surface area contributed by atoms with Crippen molar-refractivity contribution in [3.05, 3.63) is 10.4 Å². The van der Waals surface area contributed by atoms with Gasteiger partial charge in [-0.3, -0.25) is 0 Å². The Hall–Kier alpha value is -0.665. The minimum Gasteiger partial charge on any atom is -0.374 e. The van der Waals surface area contributed by atoms with Gasteiger partial charge in [-0.25, -0.2) is 0 Å². The minimum atomic E-state index is -0.575. The molecule has 0 N–H and O–H groups in total. The molecule has 0 spiro atoms. The molecule has 5 heteroatoms. The number of azide groups is 1. The molecule has 0 amide bonds. The molecule has 1 rings (SSSR count). The molecule has 3 atom stereocenters. The monoisotopic (exact) mass is 167 g/mol. The SMILES string of the molecule is B[C@H]1CC(C)[C@](CC)(N=[N+]=[N-])O1. The van der Waals surface area contributed by atoms with Crippen molar-refractivity contribution in [2.45, 2.75) is 38.4 Å². The van der Waals surface area contributed by atoms with Crippen molar-refractivity contribution in [2.24, 2.45) is 11.0 Å². The maximum atomic E-state index is 8.41. The summed E-state index contributed by atoms with van der Waals surface area (Å²) in [5.74, 6) is 0.327. The summed E-state index contributed by atoms with van der Waals surface area (Å²) in [6, 6.07) is 0.213. The van der Waals surface area contributed by atoms with Crippen molar-refractivity contribution in [3.63, 3.8) is 0 Å². The molecule has 0 aromatic heterocycles. The average molecular weight is 167 g/mol. The summed E-state index contributed by atoms with van der Waals surface area (Å²) in [6.07, 6.45) is 1.73. The summed E-state index contributed by atoms with van der Waals surface area (Å²) in [7, 11) is 2.01. The Labute approximate surface area is 73.3 Å². The van der Waals surface area contributed by atoms with Gasteiger partial charge in [0.1, 0.15) is 13.6 Å². The van der Waals surface area contributed by atoms with Gasteiger partial charge in [-0.05, 0) is 24.3 Å². The number of nitrogens with zero attached hydrogens (tertiary/aromatic N) is 3. The van der Waals surface area contributed by atoms with E-state index in [4.69, 9.17) is 10.3 Å². The second kappa shape index (κ2) is 3.38. The molecule has 0 saturated carbocycles. The van der Waals surface area contributed by atoms with Crippen LogP contribution in [0.1, 0.15) is 26.7 Å². The van der Waals surface area contributed by atoms with Crippen LogP contribution in [0.25, 0.3) is 10.4 Å². The molecule has 0 bridgehead atoms. The van der Waals surface area contributed by atoms with Crippen LogP contribution < -0.4 is 0 Å². The molecule has 0 aliphatic carbocycles. The molecular weight excluding hydrogens is 153 g/mol. The lowest BCUT2D eigenvalue weighted by atomic mass is 9.89. The van der Waals surface area contributed by atoms with Crippen LogP contribution in [0.4, 0.5) is 0 Å². The van der Waals surface area contributed by atoms with Crippen molar-refractivity contribution < 1.29 is 4.74 Å². The van der Waals surface area contributed by atoms with Gasteiger partial charge in [-0.2, -0.15) is 0 Å². The summed E-state index contributed by atoms with van der Waals surface area (Å²) >= 11 is 0. The number of hydrogen-bond donors (Lipinski definition) is 0. The fourth-order valence-corrected chi connectivity index (χ4v) is 1.90. The molecule has 1 fully saturated rings. The van der Waals surface area contributed by atoms with E-state index in [-0.39, 0.29) is 6.00 Å². The number of ether oxygens (including phenoxy) is 1. The van der Waals surface area contributed by atoms with E-state index in [1.807, 2.05) is 14.8 Å². The van der Waals surface area contributed by atoms with E-state index in [1.165, 1.54) is 0 Å². The first kappa shape index (κ1) is 9.42. The highest BCUT2D eigenvalue weighted by molar-refractivity contribution is 6.11. The van der Waals surface area contributed by atoms with Crippen LogP contribution in [0, 0.1) is 5.92 Å². The summed E-state index contributed by atoms with van der Waals surface area (Å²) in [5.41, 5.74) is 7.83. The normalized spacial score (nSPS) is 40.8. The maximum Gasteiger partial charge on any atom is 0.148 e. The highest BCUT2D eigenvalue weighted by atomic mass is 16.5. The summed E-state index contributed by atoms with van der Waals surface area (Å²) in [4.78, 5) is 2.85. The number of rotatable bonds is 2. The minimum absolute atomic E-state index is 0.213. The van der Waals surface area contributed by atoms with Crippen LogP contribution in [-0.4, -0.2) is 19.6 Å². The first-order valence-electron chi connectivity index (χ1n) is 4.38. The molecule has 0 radical (unpaired) electrons. The highest BCUT2D eigenvalue weighted by Gasteiger charge is 2.42. The summed E-state index contributed by atoms with van der Waals surface area (Å²) in [5, 5.41) is 3.76. The van der Waals surface area contributed by atoms with Gasteiger partial charge in [-0.1, -0.05) is 19.0 Å². The van der Waals surface area contributed by atoms with E-state index in [0.29, 0.717) is 5.92 Å². The molecule has 1 aliphatic rings. The standard InChI is InChI=1S/C7H14BN3O/c1-3-7(10-11-9)5(2)4-6(8)12-7/h5-6H,3-4,8H2,1-2H3/t5?,6-,7-/m1/s1. The Balaban J connectivity index is 2.85. The predicted octanol–water partition coefficient (Wildman–Crippen LogP) is 1.42. The van der Waals surface area contributed by atoms with Gasteiger partial charge in [0, 0.05) is 10.9 Å². The van der Waals surface area contributed by atoms with Gasteiger partial charge in [0.25, 0.3) is 0 Å². The summed E-state index contributed by atoms with van der Waals surface area (Å²) < 4.78 is 5.63. The quantitative estimate of drug-likeness (QED) is 0.265. The van der Waals surface area contributed by atoms with Gasteiger partial charge in [0.05, 0.1) is 0 Å². The smallest absolute Gasteiger partial charge is 0.148 e. The van der Waals surface area contributed by atoms with Gasteiger partial charge in [-0.15, -0.1) is 0 Å². The Morgan fingerprint density at radius 1 is 1.83 bits per heavy atom. The van der Waals surface area contributed by atoms with Crippen molar-refractivity contribution in [1.82, 2.24) is 0 Å². The van der Waals surface area contributed by atoms with Gasteiger partial charge >= 0.3 is 0 Å². The van der Waals surface area contributed by atoms with E-state index < -0.39 is 5.72 Å². The molecule has 1 saturated heterocycles. The molecule has 1 aliphatic heterocycles. The maximum absolute atomic E-state index is 8.41. The van der Waals surface area contributed by atoms with Crippen LogP contribution >= 0.6 is 0 Å². The second-order valence-electron chi connectivity index (χ2n) is 3.45. The third-order valence-electron chi connectivity index (χ3n) is 2.58. The molecule has 1 unspecified atom stereocenters. The van der Waals surface area contributed by atoms with Gasteiger partial charge in [0.2, 0.25) is 0 Å². The van der Waals surface area contributed by atoms with Crippen molar-refractivity contribution in [2.75, 3.05) is 0 Å². The zero-order valence-electron chi connectivity index (χ0n) is 7.82. The number of hydrogen-bond acceptors (Lipinski definition) is 2. The van der Waals surface area contributed by atoms with E-state index in [2.05, 4.69) is 16.9 Å². The molecule has 66 valence electrons. The van der Waals surface area contributed by atoms with Crippen molar-refractivity contribution in [1.29, 1.82) is 0 Å². The van der Waals surface area contributed by atoms with Crippen LogP contribution in [0.3, 0.4) is 0 Å². The lowest BCUT2D eigenvalue weighted by Crippen LogP contribution is -2.30. The molecule has 0 aromatic rings. The Kier molecular flexibility index (Phi) is 2.65. The topological polar surface area (TPSA) is 58.0 Å². The fourth-order valence-electron chi connectivity index (χ4n) is 1.90. The molecule has 0 aromatic carbocycles. The first-order valence-corrected chi connectivity index (χ1v) is 4.38. The Bertz CT molecular complexity index is 217. The summed E-state index contributed by atoms with van der Waals surface area (Å²) in [6.45, 7) is 4.06. The third kappa shape index (κ3) is 1.42. The van der Waals surface area contributed by atoms with Crippen LogP contribution in [0.5, 0.6) is 0 Å². The van der Waals surface area contributed by atoms with Crippen LogP contribution in [0.2, 0.25) is 0 Å². The van der Waals surface area contributed by atoms with Gasteiger partial charge in [0.15, 0.2) is 0 Å².